The number of thioether (sulfide) groups is 1. The zero-order valence-corrected chi connectivity index (χ0v) is 12.8. The first-order valence-corrected chi connectivity index (χ1v) is 8.60. The highest BCUT2D eigenvalue weighted by Crippen LogP contribution is 2.30. The van der Waals surface area contributed by atoms with Crippen molar-refractivity contribution in [1.29, 1.82) is 0 Å². The molecule has 20 heavy (non-hydrogen) atoms. The Balaban J connectivity index is 1.71. The second-order valence-corrected chi connectivity index (χ2v) is 6.94. The summed E-state index contributed by atoms with van der Waals surface area (Å²) < 4.78 is 0. The topological polar surface area (TPSA) is 24.9 Å². The lowest BCUT2D eigenvalue weighted by molar-refractivity contribution is 0.533. The smallest absolute Gasteiger partial charge is 0.0346 e. The summed E-state index contributed by atoms with van der Waals surface area (Å²) in [6, 6.07) is 9.30. The van der Waals surface area contributed by atoms with Crippen LogP contribution in [-0.4, -0.2) is 22.0 Å². The van der Waals surface area contributed by atoms with E-state index in [0.29, 0.717) is 6.04 Å². The SMILES string of the molecule is CCSC1CCCC1NCc1cccc2cnccc12. The van der Waals surface area contributed by atoms with Crippen molar-refractivity contribution < 1.29 is 0 Å². The van der Waals surface area contributed by atoms with Crippen LogP contribution < -0.4 is 5.32 Å². The van der Waals surface area contributed by atoms with Gasteiger partial charge in [0.05, 0.1) is 0 Å². The molecule has 2 atom stereocenters. The van der Waals surface area contributed by atoms with Gasteiger partial charge in [0.1, 0.15) is 0 Å². The summed E-state index contributed by atoms with van der Waals surface area (Å²) in [6.07, 6.45) is 7.90. The van der Waals surface area contributed by atoms with Gasteiger partial charge in [-0.05, 0) is 35.6 Å². The van der Waals surface area contributed by atoms with Crippen LogP contribution in [0.2, 0.25) is 0 Å². The van der Waals surface area contributed by atoms with E-state index in [1.807, 2.05) is 12.4 Å². The van der Waals surface area contributed by atoms with Crippen molar-refractivity contribution in [2.45, 2.75) is 44.0 Å². The fourth-order valence-electron chi connectivity index (χ4n) is 3.16. The minimum atomic E-state index is 0.678. The number of fused-ring (bicyclic) bond motifs is 1. The maximum absolute atomic E-state index is 4.20. The standard InChI is InChI=1S/C17H22N2S/c1-2-20-17-8-4-7-16(17)19-12-14-6-3-5-13-11-18-10-9-15(13)14/h3,5-6,9-11,16-17,19H,2,4,7-8,12H2,1H3. The quantitative estimate of drug-likeness (QED) is 0.899. The van der Waals surface area contributed by atoms with E-state index in [9.17, 15) is 0 Å². The lowest BCUT2D eigenvalue weighted by atomic mass is 10.1. The third-order valence-corrected chi connectivity index (χ3v) is 5.48. The number of rotatable bonds is 5. The maximum atomic E-state index is 4.20. The molecule has 1 aromatic carbocycles. The number of benzene rings is 1. The van der Waals surface area contributed by atoms with Crippen LogP contribution in [0.3, 0.4) is 0 Å². The molecule has 2 aromatic rings. The van der Waals surface area contributed by atoms with Crippen LogP contribution in [0.25, 0.3) is 10.8 Å². The minimum Gasteiger partial charge on any atom is -0.309 e. The Hall–Kier alpha value is -1.06. The summed E-state index contributed by atoms with van der Waals surface area (Å²) in [7, 11) is 0. The van der Waals surface area contributed by atoms with Crippen molar-refractivity contribution in [2.24, 2.45) is 0 Å². The molecule has 3 rings (SSSR count). The number of hydrogen-bond donors (Lipinski definition) is 1. The Morgan fingerprint density at radius 2 is 2.25 bits per heavy atom. The number of nitrogens with one attached hydrogen (secondary N) is 1. The second-order valence-electron chi connectivity index (χ2n) is 5.43. The molecule has 1 heterocycles. The number of pyridine rings is 1. The van der Waals surface area contributed by atoms with Crippen molar-refractivity contribution >= 4 is 22.5 Å². The van der Waals surface area contributed by atoms with Crippen LogP contribution in [-0.2, 0) is 6.54 Å². The monoisotopic (exact) mass is 286 g/mol. The van der Waals surface area contributed by atoms with Gasteiger partial charge in [0, 0.05) is 35.6 Å². The normalized spacial score (nSPS) is 22.4. The van der Waals surface area contributed by atoms with Crippen molar-refractivity contribution in [1.82, 2.24) is 10.3 Å². The zero-order valence-electron chi connectivity index (χ0n) is 12.0. The van der Waals surface area contributed by atoms with Gasteiger partial charge in [-0.15, -0.1) is 0 Å². The molecule has 0 bridgehead atoms. The molecule has 1 aliphatic carbocycles. The molecule has 1 aromatic heterocycles. The molecule has 1 aliphatic rings. The largest absolute Gasteiger partial charge is 0.309 e. The summed E-state index contributed by atoms with van der Waals surface area (Å²) >= 11 is 2.11. The predicted molar refractivity (Wildman–Crippen MR) is 88.1 cm³/mol. The molecular weight excluding hydrogens is 264 g/mol. The van der Waals surface area contributed by atoms with Crippen molar-refractivity contribution in [3.8, 4) is 0 Å². The molecule has 1 fully saturated rings. The van der Waals surface area contributed by atoms with E-state index in [2.05, 4.69) is 53.3 Å². The summed E-state index contributed by atoms with van der Waals surface area (Å²) in [5, 5.41) is 7.15. The van der Waals surface area contributed by atoms with Gasteiger partial charge in [0.25, 0.3) is 0 Å². The molecule has 2 unspecified atom stereocenters. The van der Waals surface area contributed by atoms with Crippen LogP contribution >= 0.6 is 11.8 Å². The van der Waals surface area contributed by atoms with Crippen LogP contribution in [0.5, 0.6) is 0 Å². The Bertz CT molecular complexity index is 564. The Morgan fingerprint density at radius 3 is 3.15 bits per heavy atom. The van der Waals surface area contributed by atoms with Gasteiger partial charge in [0.15, 0.2) is 0 Å². The lowest BCUT2D eigenvalue weighted by Gasteiger charge is -2.20. The van der Waals surface area contributed by atoms with Crippen LogP contribution in [0.1, 0.15) is 31.7 Å². The fourth-order valence-corrected chi connectivity index (χ4v) is 4.38. The molecule has 0 spiro atoms. The Kier molecular flexibility index (Phi) is 4.58. The van der Waals surface area contributed by atoms with Gasteiger partial charge in [-0.2, -0.15) is 11.8 Å². The molecule has 0 aliphatic heterocycles. The lowest BCUT2D eigenvalue weighted by Crippen LogP contribution is -2.33. The minimum absolute atomic E-state index is 0.678. The molecule has 1 N–H and O–H groups in total. The number of nitrogens with zero attached hydrogens (tertiary/aromatic N) is 1. The summed E-state index contributed by atoms with van der Waals surface area (Å²) in [5.74, 6) is 1.22. The third kappa shape index (κ3) is 2.99. The zero-order chi connectivity index (χ0) is 13.8. The summed E-state index contributed by atoms with van der Waals surface area (Å²) in [5.41, 5.74) is 1.39. The van der Waals surface area contributed by atoms with Crippen molar-refractivity contribution in [2.75, 3.05) is 5.75 Å². The van der Waals surface area contributed by atoms with Crippen molar-refractivity contribution in [3.63, 3.8) is 0 Å². The van der Waals surface area contributed by atoms with Crippen molar-refractivity contribution in [3.05, 3.63) is 42.2 Å². The van der Waals surface area contributed by atoms with E-state index in [0.717, 1.165) is 11.8 Å². The number of aromatic nitrogens is 1. The third-order valence-electron chi connectivity index (χ3n) is 4.16. The van der Waals surface area contributed by atoms with Crippen LogP contribution in [0.4, 0.5) is 0 Å². The highest BCUT2D eigenvalue weighted by Gasteiger charge is 2.26. The van der Waals surface area contributed by atoms with Crippen LogP contribution in [0.15, 0.2) is 36.7 Å². The van der Waals surface area contributed by atoms with E-state index in [1.165, 1.54) is 41.4 Å². The van der Waals surface area contributed by atoms with E-state index >= 15 is 0 Å². The Labute approximate surface area is 125 Å². The first kappa shape index (κ1) is 13.9. The van der Waals surface area contributed by atoms with E-state index in [4.69, 9.17) is 0 Å². The Morgan fingerprint density at radius 1 is 1.30 bits per heavy atom. The van der Waals surface area contributed by atoms with Gasteiger partial charge in [-0.1, -0.05) is 31.5 Å². The first-order valence-electron chi connectivity index (χ1n) is 7.55. The molecule has 3 heteroatoms. The fraction of sp³-hybridized carbons (Fsp3) is 0.471. The average Bonchev–Trinajstić information content (AvgIpc) is 2.93. The molecule has 0 radical (unpaired) electrons. The second kappa shape index (κ2) is 6.59. The van der Waals surface area contributed by atoms with E-state index < -0.39 is 0 Å². The molecular formula is C17H22N2S. The maximum Gasteiger partial charge on any atom is 0.0346 e. The number of hydrogen-bond acceptors (Lipinski definition) is 3. The summed E-state index contributed by atoms with van der Waals surface area (Å²) in [6.45, 7) is 3.23. The average molecular weight is 286 g/mol. The van der Waals surface area contributed by atoms with Gasteiger partial charge >= 0.3 is 0 Å². The van der Waals surface area contributed by atoms with Gasteiger partial charge in [-0.3, -0.25) is 4.98 Å². The van der Waals surface area contributed by atoms with Gasteiger partial charge in [-0.25, -0.2) is 0 Å². The summed E-state index contributed by atoms with van der Waals surface area (Å²) in [4.78, 5) is 4.20. The highest BCUT2D eigenvalue weighted by molar-refractivity contribution is 7.99. The first-order chi connectivity index (χ1) is 9.88. The van der Waals surface area contributed by atoms with Gasteiger partial charge < -0.3 is 5.32 Å². The van der Waals surface area contributed by atoms with E-state index in [-0.39, 0.29) is 0 Å². The van der Waals surface area contributed by atoms with E-state index in [1.54, 1.807) is 0 Å². The van der Waals surface area contributed by atoms with Crippen LogP contribution in [0, 0.1) is 0 Å². The molecule has 106 valence electrons. The van der Waals surface area contributed by atoms with Gasteiger partial charge in [0.2, 0.25) is 0 Å². The molecule has 1 saturated carbocycles. The molecule has 2 nitrogen and oxygen atoms in total. The highest BCUT2D eigenvalue weighted by atomic mass is 32.2. The molecule has 0 amide bonds. The molecule has 0 saturated heterocycles. The predicted octanol–water partition coefficient (Wildman–Crippen LogP) is 4.00.